The Morgan fingerprint density at radius 3 is 2.83 bits per heavy atom. The summed E-state index contributed by atoms with van der Waals surface area (Å²) in [5.41, 5.74) is 3.16. The normalized spacial score (nSPS) is 9.50. The smallest absolute Gasteiger partial charge is 0.356 e. The van der Waals surface area contributed by atoms with Crippen LogP contribution in [0.5, 0.6) is 0 Å². The Hall–Kier alpha value is -1.62. The lowest BCUT2D eigenvalue weighted by Gasteiger charge is -2.03. The Labute approximate surface area is 69.2 Å². The van der Waals surface area contributed by atoms with Gasteiger partial charge >= 0.3 is 5.97 Å². The lowest BCUT2D eigenvalue weighted by atomic mass is 10.2. The molecule has 1 aromatic rings. The topological polar surface area (TPSA) is 88.2 Å². The number of hydrogen-bond donors (Lipinski definition) is 3. The summed E-state index contributed by atoms with van der Waals surface area (Å²) >= 11 is 0. The minimum atomic E-state index is -1.09. The summed E-state index contributed by atoms with van der Waals surface area (Å²) in [7, 11) is 0. The average Bonchev–Trinajstić information content (AvgIpc) is 2.04. The van der Waals surface area contributed by atoms with E-state index >= 15 is 0 Å². The third-order valence-corrected chi connectivity index (χ3v) is 1.39. The molecule has 0 radical (unpaired) electrons. The number of rotatable bonds is 2. The number of hydrazine groups is 1. The number of pyridine rings is 1. The molecule has 64 valence electrons. The lowest BCUT2D eigenvalue weighted by Crippen LogP contribution is -2.13. The van der Waals surface area contributed by atoms with Crippen LogP contribution in [0.1, 0.15) is 16.2 Å². The average molecular weight is 167 g/mol. The molecule has 0 saturated heterocycles. The molecule has 0 spiro atoms. The van der Waals surface area contributed by atoms with Crippen LogP contribution in [-0.2, 0) is 0 Å². The van der Waals surface area contributed by atoms with Crippen LogP contribution in [0.2, 0.25) is 0 Å². The van der Waals surface area contributed by atoms with E-state index in [4.69, 9.17) is 10.9 Å². The van der Waals surface area contributed by atoms with Gasteiger partial charge in [0, 0.05) is 5.69 Å². The predicted octanol–water partition coefficient (Wildman–Crippen LogP) is 0.374. The highest BCUT2D eigenvalue weighted by Crippen LogP contribution is 2.11. The van der Waals surface area contributed by atoms with Crippen LogP contribution >= 0.6 is 0 Å². The molecule has 0 amide bonds. The van der Waals surface area contributed by atoms with E-state index in [1.807, 2.05) is 0 Å². The second-order valence-corrected chi connectivity index (χ2v) is 2.30. The van der Waals surface area contributed by atoms with Crippen molar-refractivity contribution in [1.29, 1.82) is 0 Å². The summed E-state index contributed by atoms with van der Waals surface area (Å²) in [6, 6.07) is 3.26. The van der Waals surface area contributed by atoms with Crippen molar-refractivity contribution in [2.24, 2.45) is 5.84 Å². The number of aryl methyl sites for hydroxylation is 1. The van der Waals surface area contributed by atoms with Crippen molar-refractivity contribution in [3.05, 3.63) is 23.5 Å². The fourth-order valence-electron chi connectivity index (χ4n) is 0.836. The van der Waals surface area contributed by atoms with Gasteiger partial charge in [-0.05, 0) is 19.1 Å². The zero-order valence-corrected chi connectivity index (χ0v) is 6.53. The molecule has 0 atom stereocenters. The first kappa shape index (κ1) is 8.48. The number of aromatic nitrogens is 1. The van der Waals surface area contributed by atoms with Crippen molar-refractivity contribution in [2.75, 3.05) is 5.43 Å². The van der Waals surface area contributed by atoms with Crippen LogP contribution in [0.4, 0.5) is 5.69 Å². The number of aromatic carboxylic acids is 1. The minimum Gasteiger partial charge on any atom is -0.476 e. The molecule has 1 rings (SSSR count). The van der Waals surface area contributed by atoms with Crippen molar-refractivity contribution < 1.29 is 9.90 Å². The van der Waals surface area contributed by atoms with Crippen LogP contribution < -0.4 is 11.3 Å². The maximum atomic E-state index is 10.6. The molecule has 1 aromatic heterocycles. The summed E-state index contributed by atoms with van der Waals surface area (Å²) in [6.45, 7) is 1.72. The van der Waals surface area contributed by atoms with Gasteiger partial charge < -0.3 is 10.5 Å². The zero-order chi connectivity index (χ0) is 9.14. The largest absolute Gasteiger partial charge is 0.476 e. The molecular weight excluding hydrogens is 158 g/mol. The van der Waals surface area contributed by atoms with Crippen LogP contribution in [0.15, 0.2) is 12.1 Å². The van der Waals surface area contributed by atoms with Crippen LogP contribution in [0.25, 0.3) is 0 Å². The molecular formula is C7H9N3O2. The first-order chi connectivity index (χ1) is 5.65. The third kappa shape index (κ3) is 1.51. The van der Waals surface area contributed by atoms with Gasteiger partial charge in [-0.2, -0.15) is 0 Å². The van der Waals surface area contributed by atoms with Gasteiger partial charge in [-0.15, -0.1) is 0 Å². The summed E-state index contributed by atoms with van der Waals surface area (Å²) in [6.07, 6.45) is 0. The standard InChI is InChI=1S/C7H9N3O2/c1-4-2-3-5(10-8)6(9-4)7(11)12/h2-3,10H,8H2,1H3,(H,11,12). The highest BCUT2D eigenvalue weighted by atomic mass is 16.4. The van der Waals surface area contributed by atoms with E-state index < -0.39 is 5.97 Å². The number of hydrogen-bond acceptors (Lipinski definition) is 4. The number of carbonyl (C=O) groups is 1. The number of carboxylic acids is 1. The molecule has 0 aliphatic heterocycles. The van der Waals surface area contributed by atoms with Crippen molar-refractivity contribution in [2.45, 2.75) is 6.92 Å². The van der Waals surface area contributed by atoms with E-state index in [0.717, 1.165) is 0 Å². The summed E-state index contributed by atoms with van der Waals surface area (Å²) in [4.78, 5) is 14.4. The molecule has 1 heterocycles. The first-order valence-electron chi connectivity index (χ1n) is 3.32. The van der Waals surface area contributed by atoms with Gasteiger partial charge in [0.15, 0.2) is 5.69 Å². The molecule has 5 nitrogen and oxygen atoms in total. The van der Waals surface area contributed by atoms with Crippen molar-refractivity contribution in [1.82, 2.24) is 4.98 Å². The zero-order valence-electron chi connectivity index (χ0n) is 6.53. The maximum Gasteiger partial charge on any atom is 0.356 e. The summed E-state index contributed by atoms with van der Waals surface area (Å²) < 4.78 is 0. The maximum absolute atomic E-state index is 10.6. The molecule has 5 heteroatoms. The molecule has 0 saturated carbocycles. The van der Waals surface area contributed by atoms with E-state index in [-0.39, 0.29) is 5.69 Å². The predicted molar refractivity (Wildman–Crippen MR) is 43.7 cm³/mol. The van der Waals surface area contributed by atoms with Gasteiger partial charge in [0.25, 0.3) is 0 Å². The van der Waals surface area contributed by atoms with Gasteiger partial charge in [-0.1, -0.05) is 0 Å². The molecule has 0 unspecified atom stereocenters. The highest BCUT2D eigenvalue weighted by molar-refractivity contribution is 5.91. The molecule has 0 aliphatic carbocycles. The van der Waals surface area contributed by atoms with E-state index in [1.54, 1.807) is 19.1 Å². The van der Waals surface area contributed by atoms with E-state index in [2.05, 4.69) is 10.4 Å². The Balaban J connectivity index is 3.21. The molecule has 0 fully saturated rings. The number of carboxylic acid groups (broad SMARTS) is 1. The Morgan fingerprint density at radius 1 is 1.67 bits per heavy atom. The van der Waals surface area contributed by atoms with Gasteiger partial charge in [0.2, 0.25) is 0 Å². The molecule has 0 aliphatic rings. The first-order valence-corrected chi connectivity index (χ1v) is 3.32. The Morgan fingerprint density at radius 2 is 2.33 bits per heavy atom. The lowest BCUT2D eigenvalue weighted by molar-refractivity contribution is 0.0691. The molecule has 0 aromatic carbocycles. The van der Waals surface area contributed by atoms with Gasteiger partial charge in [-0.25, -0.2) is 9.78 Å². The monoisotopic (exact) mass is 167 g/mol. The molecule has 0 bridgehead atoms. The fourth-order valence-corrected chi connectivity index (χ4v) is 0.836. The minimum absolute atomic E-state index is 0.0579. The van der Waals surface area contributed by atoms with E-state index in [1.165, 1.54) is 0 Å². The van der Waals surface area contributed by atoms with Gasteiger partial charge in [-0.3, -0.25) is 5.84 Å². The summed E-state index contributed by atoms with van der Waals surface area (Å²) in [5.74, 6) is 3.99. The SMILES string of the molecule is Cc1ccc(NN)c(C(=O)O)n1. The molecule has 12 heavy (non-hydrogen) atoms. The van der Waals surface area contributed by atoms with Gasteiger partial charge in [0.05, 0.1) is 5.69 Å². The Bertz CT molecular complexity index is 312. The van der Waals surface area contributed by atoms with Gasteiger partial charge in [0.1, 0.15) is 0 Å². The Kier molecular flexibility index (Phi) is 2.25. The van der Waals surface area contributed by atoms with Crippen molar-refractivity contribution >= 4 is 11.7 Å². The second-order valence-electron chi connectivity index (χ2n) is 2.30. The number of anilines is 1. The van der Waals surface area contributed by atoms with Crippen LogP contribution in [0.3, 0.4) is 0 Å². The number of nitrogens with two attached hydrogens (primary N) is 1. The highest BCUT2D eigenvalue weighted by Gasteiger charge is 2.10. The number of nitrogens with zero attached hydrogens (tertiary/aromatic N) is 1. The third-order valence-electron chi connectivity index (χ3n) is 1.39. The van der Waals surface area contributed by atoms with Crippen molar-refractivity contribution in [3.63, 3.8) is 0 Å². The molecule has 4 N–H and O–H groups in total. The quantitative estimate of drug-likeness (QED) is 0.437. The number of nitrogens with one attached hydrogen (secondary N) is 1. The van der Waals surface area contributed by atoms with Crippen molar-refractivity contribution in [3.8, 4) is 0 Å². The van der Waals surface area contributed by atoms with E-state index in [9.17, 15) is 4.79 Å². The fraction of sp³-hybridized carbons (Fsp3) is 0.143. The summed E-state index contributed by atoms with van der Waals surface area (Å²) in [5, 5.41) is 8.66. The van der Waals surface area contributed by atoms with E-state index in [0.29, 0.717) is 11.4 Å². The van der Waals surface area contributed by atoms with Crippen LogP contribution in [-0.4, -0.2) is 16.1 Å². The number of nitrogen functional groups attached to an aromatic ring is 1. The second kappa shape index (κ2) is 3.19. The van der Waals surface area contributed by atoms with Crippen LogP contribution in [0, 0.1) is 6.92 Å².